The number of carbonyl (C=O) groups excluding carboxylic acids is 1. The van der Waals surface area contributed by atoms with Gasteiger partial charge in [-0.05, 0) is 12.1 Å². The Morgan fingerprint density at radius 2 is 2.40 bits per heavy atom. The van der Waals surface area contributed by atoms with E-state index in [1.54, 1.807) is 7.11 Å². The monoisotopic (exact) mass is 364 g/mol. The second kappa shape index (κ2) is 8.59. The number of rotatable bonds is 4. The molecule has 0 bridgehead atoms. The molecule has 1 unspecified atom stereocenters. The lowest BCUT2D eigenvalue weighted by atomic mass is 10.1. The highest BCUT2D eigenvalue weighted by atomic mass is 79.9. The van der Waals surface area contributed by atoms with Gasteiger partial charge in [-0.1, -0.05) is 22.0 Å². The quantitative estimate of drug-likeness (QED) is 0.856. The minimum atomic E-state index is -0.442. The number of benzene rings is 1. The van der Waals surface area contributed by atoms with Crippen molar-refractivity contribution in [2.75, 3.05) is 32.1 Å². The molecule has 2 rings (SSSR count). The van der Waals surface area contributed by atoms with Gasteiger partial charge < -0.3 is 20.1 Å². The van der Waals surface area contributed by atoms with Crippen LogP contribution in [0.25, 0.3) is 0 Å². The van der Waals surface area contributed by atoms with Crippen LogP contribution < -0.4 is 10.6 Å². The van der Waals surface area contributed by atoms with Crippen LogP contribution in [0.2, 0.25) is 0 Å². The Hall–Kier alpha value is -0.660. The van der Waals surface area contributed by atoms with Gasteiger partial charge >= 0.3 is 0 Å². The molecule has 5 nitrogen and oxygen atoms in total. The Morgan fingerprint density at radius 3 is 3.05 bits per heavy atom. The summed E-state index contributed by atoms with van der Waals surface area (Å²) < 4.78 is 11.5. The number of methoxy groups -OCH3 is 1. The smallest absolute Gasteiger partial charge is 0.254 e. The number of amides is 1. The van der Waals surface area contributed by atoms with E-state index in [0.29, 0.717) is 19.8 Å². The first kappa shape index (κ1) is 17.4. The van der Waals surface area contributed by atoms with Crippen LogP contribution in [0, 0.1) is 0 Å². The fourth-order valence-electron chi connectivity index (χ4n) is 1.91. The summed E-state index contributed by atoms with van der Waals surface area (Å²) in [5, 5.41) is 6.02. The van der Waals surface area contributed by atoms with E-state index in [0.717, 1.165) is 22.3 Å². The molecule has 0 saturated carbocycles. The van der Waals surface area contributed by atoms with Crippen LogP contribution in [0.1, 0.15) is 5.56 Å². The van der Waals surface area contributed by atoms with E-state index in [-0.39, 0.29) is 18.3 Å². The summed E-state index contributed by atoms with van der Waals surface area (Å²) in [4.78, 5) is 12.1. The summed E-state index contributed by atoms with van der Waals surface area (Å²) in [6.45, 7) is 2.32. The average molecular weight is 366 g/mol. The van der Waals surface area contributed by atoms with Gasteiger partial charge in [-0.15, -0.1) is 12.4 Å². The molecule has 0 aromatic heterocycles. The first-order valence-corrected chi connectivity index (χ1v) is 6.91. The predicted octanol–water partition coefficient (Wildman–Crippen LogP) is 1.94. The molecule has 1 saturated heterocycles. The normalized spacial score (nSPS) is 18.2. The van der Waals surface area contributed by atoms with Gasteiger partial charge in [-0.25, -0.2) is 0 Å². The van der Waals surface area contributed by atoms with Crippen molar-refractivity contribution in [2.24, 2.45) is 0 Å². The molecule has 20 heavy (non-hydrogen) atoms. The number of ether oxygens (including phenoxy) is 2. The highest BCUT2D eigenvalue weighted by Gasteiger charge is 2.22. The number of carbonyl (C=O) groups is 1. The third kappa shape index (κ3) is 4.43. The van der Waals surface area contributed by atoms with Crippen LogP contribution in [0.4, 0.5) is 5.69 Å². The fraction of sp³-hybridized carbons (Fsp3) is 0.462. The fourth-order valence-corrected chi connectivity index (χ4v) is 2.39. The van der Waals surface area contributed by atoms with Crippen LogP contribution >= 0.6 is 28.3 Å². The molecule has 1 heterocycles. The molecular weight excluding hydrogens is 348 g/mol. The Labute approximate surface area is 132 Å². The van der Waals surface area contributed by atoms with Crippen molar-refractivity contribution < 1.29 is 14.3 Å². The van der Waals surface area contributed by atoms with Gasteiger partial charge in [0.05, 0.1) is 13.2 Å². The highest BCUT2D eigenvalue weighted by Crippen LogP contribution is 2.25. The molecule has 1 amide bonds. The topological polar surface area (TPSA) is 59.6 Å². The zero-order chi connectivity index (χ0) is 13.7. The highest BCUT2D eigenvalue weighted by molar-refractivity contribution is 9.10. The van der Waals surface area contributed by atoms with Crippen molar-refractivity contribution in [1.82, 2.24) is 5.32 Å². The summed E-state index contributed by atoms with van der Waals surface area (Å²) in [5.41, 5.74) is 1.66. The minimum Gasteiger partial charge on any atom is -0.380 e. The molecule has 112 valence electrons. The van der Waals surface area contributed by atoms with Crippen molar-refractivity contribution >= 4 is 39.9 Å². The van der Waals surface area contributed by atoms with Crippen LogP contribution in [0.15, 0.2) is 22.7 Å². The van der Waals surface area contributed by atoms with Crippen molar-refractivity contribution in [2.45, 2.75) is 12.7 Å². The van der Waals surface area contributed by atoms with Crippen LogP contribution in [0.5, 0.6) is 0 Å². The molecule has 1 aliphatic rings. The van der Waals surface area contributed by atoms with E-state index in [4.69, 9.17) is 9.47 Å². The van der Waals surface area contributed by atoms with Gasteiger partial charge in [0.25, 0.3) is 5.91 Å². The maximum Gasteiger partial charge on any atom is 0.254 e. The Bertz CT molecular complexity index is 453. The average Bonchev–Trinajstić information content (AvgIpc) is 2.43. The SMILES string of the molecule is COCc1c(Br)cccc1NC(=O)C1CNCCO1.Cl. The van der Waals surface area contributed by atoms with Crippen molar-refractivity contribution in [3.05, 3.63) is 28.2 Å². The Morgan fingerprint density at radius 1 is 1.60 bits per heavy atom. The van der Waals surface area contributed by atoms with Crippen LogP contribution in [-0.2, 0) is 20.9 Å². The summed E-state index contributed by atoms with van der Waals surface area (Å²) in [7, 11) is 1.62. The summed E-state index contributed by atoms with van der Waals surface area (Å²) in [6.07, 6.45) is -0.442. The van der Waals surface area contributed by atoms with E-state index in [1.165, 1.54) is 0 Å². The second-order valence-corrected chi connectivity index (χ2v) is 5.11. The minimum absolute atomic E-state index is 0. The number of hydrogen-bond acceptors (Lipinski definition) is 4. The summed E-state index contributed by atoms with van der Waals surface area (Å²) in [6, 6.07) is 5.65. The van der Waals surface area contributed by atoms with E-state index in [2.05, 4.69) is 26.6 Å². The lowest BCUT2D eigenvalue weighted by molar-refractivity contribution is -0.128. The number of morpholine rings is 1. The van der Waals surface area contributed by atoms with Gasteiger partial charge in [-0.2, -0.15) is 0 Å². The lowest BCUT2D eigenvalue weighted by Gasteiger charge is -2.23. The standard InChI is InChI=1S/C13H17BrN2O3.ClH/c1-18-8-9-10(14)3-2-4-11(9)16-13(17)12-7-15-5-6-19-12;/h2-4,12,15H,5-8H2,1H3,(H,16,17);1H. The van der Waals surface area contributed by atoms with Crippen molar-refractivity contribution in [1.29, 1.82) is 0 Å². The molecule has 0 radical (unpaired) electrons. The van der Waals surface area contributed by atoms with Crippen LogP contribution in [0.3, 0.4) is 0 Å². The maximum absolute atomic E-state index is 12.1. The molecule has 0 aliphatic carbocycles. The Balaban J connectivity index is 0.00000200. The van der Waals surface area contributed by atoms with E-state index >= 15 is 0 Å². The molecule has 1 aliphatic heterocycles. The number of nitrogens with one attached hydrogen (secondary N) is 2. The van der Waals surface area contributed by atoms with E-state index in [1.807, 2.05) is 18.2 Å². The number of halogens is 2. The molecule has 1 fully saturated rings. The zero-order valence-electron chi connectivity index (χ0n) is 11.1. The van der Waals surface area contributed by atoms with E-state index < -0.39 is 6.10 Å². The number of hydrogen-bond donors (Lipinski definition) is 2. The first-order valence-electron chi connectivity index (χ1n) is 6.12. The molecular formula is C13H18BrClN2O3. The van der Waals surface area contributed by atoms with Gasteiger partial charge in [0.2, 0.25) is 0 Å². The van der Waals surface area contributed by atoms with Gasteiger partial charge in [0, 0.05) is 35.9 Å². The molecule has 1 atom stereocenters. The maximum atomic E-state index is 12.1. The summed E-state index contributed by atoms with van der Waals surface area (Å²) >= 11 is 3.46. The largest absolute Gasteiger partial charge is 0.380 e. The van der Waals surface area contributed by atoms with Crippen molar-refractivity contribution in [3.63, 3.8) is 0 Å². The molecule has 0 spiro atoms. The van der Waals surface area contributed by atoms with Gasteiger partial charge in [0.15, 0.2) is 0 Å². The van der Waals surface area contributed by atoms with Gasteiger partial charge in [0.1, 0.15) is 6.10 Å². The first-order chi connectivity index (χ1) is 9.22. The summed E-state index contributed by atoms with van der Waals surface area (Å²) in [5.74, 6) is -0.136. The second-order valence-electron chi connectivity index (χ2n) is 4.25. The van der Waals surface area contributed by atoms with Crippen LogP contribution in [-0.4, -0.2) is 38.8 Å². The third-order valence-electron chi connectivity index (χ3n) is 2.89. The lowest BCUT2D eigenvalue weighted by Crippen LogP contribution is -2.45. The molecule has 2 N–H and O–H groups in total. The van der Waals surface area contributed by atoms with Gasteiger partial charge in [-0.3, -0.25) is 4.79 Å². The van der Waals surface area contributed by atoms with E-state index in [9.17, 15) is 4.79 Å². The molecule has 1 aromatic rings. The molecule has 1 aromatic carbocycles. The van der Waals surface area contributed by atoms with Crippen molar-refractivity contribution in [3.8, 4) is 0 Å². The third-order valence-corrected chi connectivity index (χ3v) is 3.63. The Kier molecular flexibility index (Phi) is 7.47. The zero-order valence-corrected chi connectivity index (χ0v) is 13.6. The molecule has 7 heteroatoms. The predicted molar refractivity (Wildman–Crippen MR) is 83.3 cm³/mol. The number of anilines is 1.